The molecule has 2 aliphatic carbocycles. The number of ether oxygens (including phenoxy) is 1. The third-order valence-corrected chi connectivity index (χ3v) is 6.94. The second kappa shape index (κ2) is 10.3. The minimum Gasteiger partial charge on any atom is -0.481 e. The first-order chi connectivity index (χ1) is 16.3. The van der Waals surface area contributed by atoms with Crippen molar-refractivity contribution in [2.45, 2.75) is 57.5 Å². The SMILES string of the molecule is CC(C)C(NC(=O)OCC1c2ccccc2-c2ccccc21)C(=O)N[C@@H]1CCC[C@@H](C(=O)O)C1. The van der Waals surface area contributed by atoms with Gasteiger partial charge in [0, 0.05) is 12.0 Å². The smallest absolute Gasteiger partial charge is 0.407 e. The van der Waals surface area contributed by atoms with Gasteiger partial charge in [-0.05, 0) is 47.4 Å². The molecule has 1 unspecified atom stereocenters. The molecule has 1 fully saturated rings. The first-order valence-electron chi connectivity index (χ1n) is 12.0. The van der Waals surface area contributed by atoms with Crippen molar-refractivity contribution in [3.05, 3.63) is 59.7 Å². The maximum atomic E-state index is 12.9. The number of aliphatic carboxylic acids is 1. The third-order valence-electron chi connectivity index (χ3n) is 6.94. The van der Waals surface area contributed by atoms with Gasteiger partial charge in [-0.2, -0.15) is 0 Å². The Morgan fingerprint density at radius 1 is 1.00 bits per heavy atom. The lowest BCUT2D eigenvalue weighted by atomic mass is 9.85. The number of rotatable bonds is 7. The summed E-state index contributed by atoms with van der Waals surface area (Å²) in [5.41, 5.74) is 4.55. The summed E-state index contributed by atoms with van der Waals surface area (Å²) in [5.74, 6) is -1.78. The predicted molar refractivity (Wildman–Crippen MR) is 128 cm³/mol. The van der Waals surface area contributed by atoms with Crippen LogP contribution in [-0.2, 0) is 14.3 Å². The number of amides is 2. The van der Waals surface area contributed by atoms with Crippen LogP contribution in [0.25, 0.3) is 11.1 Å². The van der Waals surface area contributed by atoms with Crippen LogP contribution in [0.1, 0.15) is 56.6 Å². The van der Waals surface area contributed by atoms with Crippen molar-refractivity contribution in [1.29, 1.82) is 0 Å². The van der Waals surface area contributed by atoms with E-state index in [9.17, 15) is 19.5 Å². The van der Waals surface area contributed by atoms with E-state index in [0.29, 0.717) is 12.8 Å². The number of carbonyl (C=O) groups is 3. The van der Waals surface area contributed by atoms with E-state index >= 15 is 0 Å². The number of hydrogen-bond donors (Lipinski definition) is 3. The second-order valence-corrected chi connectivity index (χ2v) is 9.60. The number of carboxylic acid groups (broad SMARTS) is 1. The van der Waals surface area contributed by atoms with Crippen molar-refractivity contribution in [1.82, 2.24) is 10.6 Å². The van der Waals surface area contributed by atoms with Crippen molar-refractivity contribution in [2.24, 2.45) is 11.8 Å². The Morgan fingerprint density at radius 2 is 1.62 bits per heavy atom. The van der Waals surface area contributed by atoms with Crippen molar-refractivity contribution in [2.75, 3.05) is 6.61 Å². The van der Waals surface area contributed by atoms with Gasteiger partial charge in [-0.3, -0.25) is 9.59 Å². The van der Waals surface area contributed by atoms with E-state index in [2.05, 4.69) is 34.9 Å². The van der Waals surface area contributed by atoms with Gasteiger partial charge in [-0.15, -0.1) is 0 Å². The van der Waals surface area contributed by atoms with Crippen LogP contribution in [0.2, 0.25) is 0 Å². The molecule has 7 heteroatoms. The number of nitrogens with one attached hydrogen (secondary N) is 2. The standard InChI is InChI=1S/C27H32N2O5/c1-16(2)24(25(30)28-18-9-7-8-17(14-18)26(31)32)29-27(33)34-15-23-21-12-5-3-10-19(21)20-11-4-6-13-22(20)23/h3-6,10-13,16-18,23-24H,7-9,14-15H2,1-2H3,(H,28,30)(H,29,33)(H,31,32)/t17-,18-,24?/m1/s1. The Hall–Kier alpha value is -3.35. The molecule has 0 aromatic heterocycles. The Labute approximate surface area is 199 Å². The maximum absolute atomic E-state index is 12.9. The second-order valence-electron chi connectivity index (χ2n) is 9.60. The Kier molecular flexibility index (Phi) is 7.20. The molecule has 34 heavy (non-hydrogen) atoms. The number of hydrogen-bond acceptors (Lipinski definition) is 4. The van der Waals surface area contributed by atoms with E-state index in [-0.39, 0.29) is 30.4 Å². The van der Waals surface area contributed by atoms with E-state index in [1.165, 1.54) is 0 Å². The first kappa shape index (κ1) is 23.8. The minimum atomic E-state index is -0.823. The lowest BCUT2D eigenvalue weighted by molar-refractivity contribution is -0.143. The number of carbonyl (C=O) groups excluding carboxylic acids is 2. The highest BCUT2D eigenvalue weighted by atomic mass is 16.5. The normalized spacial score (nSPS) is 20.2. The first-order valence-corrected chi connectivity index (χ1v) is 12.0. The molecule has 3 N–H and O–H groups in total. The van der Waals surface area contributed by atoms with Gasteiger partial charge in [0.15, 0.2) is 0 Å². The summed E-state index contributed by atoms with van der Waals surface area (Å²) in [7, 11) is 0. The minimum absolute atomic E-state index is 0.0559. The molecule has 1 saturated carbocycles. The van der Waals surface area contributed by atoms with Crippen LogP contribution in [0, 0.1) is 11.8 Å². The molecule has 0 spiro atoms. The summed E-state index contributed by atoms with van der Waals surface area (Å²) in [6.45, 7) is 3.89. The Morgan fingerprint density at radius 3 is 2.21 bits per heavy atom. The van der Waals surface area contributed by atoms with Crippen LogP contribution in [0.15, 0.2) is 48.5 Å². The third kappa shape index (κ3) is 5.08. The monoisotopic (exact) mass is 464 g/mol. The highest BCUT2D eigenvalue weighted by Gasteiger charge is 2.32. The lowest BCUT2D eigenvalue weighted by Gasteiger charge is -2.30. The molecule has 7 nitrogen and oxygen atoms in total. The maximum Gasteiger partial charge on any atom is 0.407 e. The fourth-order valence-electron chi connectivity index (χ4n) is 5.14. The van der Waals surface area contributed by atoms with E-state index in [1.807, 2.05) is 38.1 Å². The molecule has 3 atom stereocenters. The quantitative estimate of drug-likeness (QED) is 0.566. The zero-order valence-corrected chi connectivity index (χ0v) is 19.6. The van der Waals surface area contributed by atoms with Crippen LogP contribution in [-0.4, -0.2) is 41.8 Å². The zero-order chi connectivity index (χ0) is 24.2. The molecule has 2 aromatic rings. The molecule has 4 rings (SSSR count). The summed E-state index contributed by atoms with van der Waals surface area (Å²) < 4.78 is 5.60. The van der Waals surface area contributed by atoms with Crippen LogP contribution in [0.5, 0.6) is 0 Å². The van der Waals surface area contributed by atoms with Crippen molar-refractivity contribution < 1.29 is 24.2 Å². The number of fused-ring (bicyclic) bond motifs is 3. The van der Waals surface area contributed by atoms with Crippen LogP contribution < -0.4 is 10.6 Å². The molecule has 2 amide bonds. The summed E-state index contributed by atoms with van der Waals surface area (Å²) in [6.07, 6.45) is 1.91. The number of carboxylic acids is 1. The Balaban J connectivity index is 1.36. The van der Waals surface area contributed by atoms with Gasteiger partial charge < -0.3 is 20.5 Å². The topological polar surface area (TPSA) is 105 Å². The van der Waals surface area contributed by atoms with Crippen LogP contribution in [0.3, 0.4) is 0 Å². The van der Waals surface area contributed by atoms with E-state index in [1.54, 1.807) is 0 Å². The van der Waals surface area contributed by atoms with Crippen molar-refractivity contribution in [3.63, 3.8) is 0 Å². The molecule has 0 heterocycles. The predicted octanol–water partition coefficient (Wildman–Crippen LogP) is 4.31. The van der Waals surface area contributed by atoms with E-state index in [0.717, 1.165) is 35.1 Å². The van der Waals surface area contributed by atoms with Crippen LogP contribution >= 0.6 is 0 Å². The fraction of sp³-hybridized carbons (Fsp3) is 0.444. The molecule has 0 saturated heterocycles. The molecular weight excluding hydrogens is 432 g/mol. The lowest BCUT2D eigenvalue weighted by Crippen LogP contribution is -2.53. The summed E-state index contributed by atoms with van der Waals surface area (Å²) >= 11 is 0. The van der Waals surface area contributed by atoms with Gasteiger partial charge >= 0.3 is 12.1 Å². The molecule has 0 radical (unpaired) electrons. The van der Waals surface area contributed by atoms with Gasteiger partial charge in [0.1, 0.15) is 12.6 Å². The number of alkyl carbamates (subject to hydrolysis) is 1. The average molecular weight is 465 g/mol. The van der Waals surface area contributed by atoms with Crippen molar-refractivity contribution in [3.8, 4) is 11.1 Å². The summed E-state index contributed by atoms with van der Waals surface area (Å²) in [5, 5.41) is 15.0. The molecule has 180 valence electrons. The zero-order valence-electron chi connectivity index (χ0n) is 19.6. The molecule has 2 aliphatic rings. The average Bonchev–Trinajstić information content (AvgIpc) is 3.15. The Bertz CT molecular complexity index is 1020. The number of benzene rings is 2. The van der Waals surface area contributed by atoms with Gasteiger partial charge in [0.2, 0.25) is 5.91 Å². The van der Waals surface area contributed by atoms with Gasteiger partial charge in [0.25, 0.3) is 0 Å². The van der Waals surface area contributed by atoms with E-state index < -0.39 is 24.0 Å². The summed E-state index contributed by atoms with van der Waals surface area (Å²) in [4.78, 5) is 36.9. The highest BCUT2D eigenvalue weighted by molar-refractivity contribution is 5.86. The van der Waals surface area contributed by atoms with Gasteiger partial charge in [-0.25, -0.2) is 4.79 Å². The molecule has 2 aromatic carbocycles. The molecule has 0 aliphatic heterocycles. The largest absolute Gasteiger partial charge is 0.481 e. The van der Waals surface area contributed by atoms with Crippen LogP contribution in [0.4, 0.5) is 4.79 Å². The molecule has 0 bridgehead atoms. The van der Waals surface area contributed by atoms with E-state index in [4.69, 9.17) is 4.74 Å². The highest BCUT2D eigenvalue weighted by Crippen LogP contribution is 2.44. The van der Waals surface area contributed by atoms with Gasteiger partial charge in [-0.1, -0.05) is 68.8 Å². The van der Waals surface area contributed by atoms with Gasteiger partial charge in [0.05, 0.1) is 5.92 Å². The summed E-state index contributed by atoms with van der Waals surface area (Å²) in [6, 6.07) is 15.3. The fourth-order valence-corrected chi connectivity index (χ4v) is 5.14. The van der Waals surface area contributed by atoms with Crippen molar-refractivity contribution >= 4 is 18.0 Å². The molecular formula is C27H32N2O5.